The van der Waals surface area contributed by atoms with Gasteiger partial charge in [-0.2, -0.15) is 18.3 Å². The molecule has 0 amide bonds. The van der Waals surface area contributed by atoms with Crippen LogP contribution >= 0.6 is 0 Å². The summed E-state index contributed by atoms with van der Waals surface area (Å²) < 4.78 is 37.2. The SMILES string of the molecule is Oc1cc(C(F)(F)F)ccc1N=Nc1ccccc1. The Balaban J connectivity index is 2.25. The molecule has 3 nitrogen and oxygen atoms in total. The molecule has 0 aliphatic rings. The molecule has 0 aliphatic heterocycles. The zero-order valence-corrected chi connectivity index (χ0v) is 9.59. The van der Waals surface area contributed by atoms with Gasteiger partial charge in [-0.15, -0.1) is 5.11 Å². The molecule has 2 rings (SSSR count). The normalized spacial score (nSPS) is 11.9. The smallest absolute Gasteiger partial charge is 0.416 e. The Morgan fingerprint density at radius 3 is 2.16 bits per heavy atom. The molecule has 98 valence electrons. The largest absolute Gasteiger partial charge is 0.506 e. The third-order valence-electron chi connectivity index (χ3n) is 2.33. The average molecular weight is 266 g/mol. The molecule has 0 fully saturated rings. The third-order valence-corrected chi connectivity index (χ3v) is 2.33. The van der Waals surface area contributed by atoms with E-state index in [0.717, 1.165) is 12.1 Å². The number of hydrogen-bond donors (Lipinski definition) is 1. The summed E-state index contributed by atoms with van der Waals surface area (Å²) in [7, 11) is 0. The van der Waals surface area contributed by atoms with Crippen molar-refractivity contribution in [2.24, 2.45) is 10.2 Å². The van der Waals surface area contributed by atoms with Gasteiger partial charge in [0.2, 0.25) is 0 Å². The fraction of sp³-hybridized carbons (Fsp3) is 0.0769. The van der Waals surface area contributed by atoms with Gasteiger partial charge in [-0.1, -0.05) is 18.2 Å². The molecule has 0 radical (unpaired) electrons. The second-order valence-corrected chi connectivity index (χ2v) is 3.74. The Hall–Kier alpha value is -2.37. The summed E-state index contributed by atoms with van der Waals surface area (Å²) in [5, 5.41) is 17.0. The number of benzene rings is 2. The highest BCUT2D eigenvalue weighted by Crippen LogP contribution is 2.36. The van der Waals surface area contributed by atoms with Crippen LogP contribution in [0.25, 0.3) is 0 Å². The summed E-state index contributed by atoms with van der Waals surface area (Å²) in [5.74, 6) is -0.561. The van der Waals surface area contributed by atoms with Crippen LogP contribution in [-0.2, 0) is 6.18 Å². The highest BCUT2D eigenvalue weighted by atomic mass is 19.4. The molecule has 0 bridgehead atoms. The highest BCUT2D eigenvalue weighted by molar-refractivity contribution is 5.53. The maximum atomic E-state index is 12.4. The zero-order valence-electron chi connectivity index (χ0n) is 9.59. The number of phenolic OH excluding ortho intramolecular Hbond substituents is 1. The minimum Gasteiger partial charge on any atom is -0.506 e. The van der Waals surface area contributed by atoms with E-state index in [-0.39, 0.29) is 5.69 Å². The standard InChI is InChI=1S/C13H9F3N2O/c14-13(15,16)9-6-7-11(12(19)8-9)18-17-10-4-2-1-3-5-10/h1-8,19H. The van der Waals surface area contributed by atoms with Gasteiger partial charge in [-0.05, 0) is 30.3 Å². The first-order valence-corrected chi connectivity index (χ1v) is 5.34. The van der Waals surface area contributed by atoms with E-state index in [1.807, 2.05) is 0 Å². The predicted molar refractivity (Wildman–Crippen MR) is 63.7 cm³/mol. The molecule has 0 heterocycles. The number of hydrogen-bond acceptors (Lipinski definition) is 3. The van der Waals surface area contributed by atoms with Crippen LogP contribution in [0.4, 0.5) is 24.5 Å². The quantitative estimate of drug-likeness (QED) is 0.777. The van der Waals surface area contributed by atoms with Crippen molar-refractivity contribution in [3.05, 3.63) is 54.1 Å². The van der Waals surface area contributed by atoms with Gasteiger partial charge < -0.3 is 5.11 Å². The summed E-state index contributed by atoms with van der Waals surface area (Å²) in [4.78, 5) is 0. The van der Waals surface area contributed by atoms with Crippen molar-refractivity contribution in [3.8, 4) is 5.75 Å². The molecule has 2 aromatic rings. The summed E-state index contributed by atoms with van der Waals surface area (Å²) >= 11 is 0. The van der Waals surface area contributed by atoms with Gasteiger partial charge in [-0.25, -0.2) is 0 Å². The number of alkyl halides is 3. The van der Waals surface area contributed by atoms with E-state index in [9.17, 15) is 18.3 Å². The van der Waals surface area contributed by atoms with Crippen molar-refractivity contribution in [2.75, 3.05) is 0 Å². The molecule has 0 aliphatic carbocycles. The molecule has 0 saturated carbocycles. The summed E-state index contributed by atoms with van der Waals surface area (Å²) in [5.41, 5.74) is -0.401. The minimum absolute atomic E-state index is 0.0168. The fourth-order valence-electron chi connectivity index (χ4n) is 1.39. The van der Waals surface area contributed by atoms with Crippen LogP contribution in [0.3, 0.4) is 0 Å². The second kappa shape index (κ2) is 5.09. The summed E-state index contributed by atoms with van der Waals surface area (Å²) in [6.45, 7) is 0. The minimum atomic E-state index is -4.49. The van der Waals surface area contributed by atoms with Gasteiger partial charge in [0.15, 0.2) is 0 Å². The van der Waals surface area contributed by atoms with Crippen molar-refractivity contribution in [2.45, 2.75) is 6.18 Å². The molecular formula is C13H9F3N2O. The Bertz CT molecular complexity index is 595. The molecule has 0 atom stereocenters. The Morgan fingerprint density at radius 2 is 1.58 bits per heavy atom. The van der Waals surface area contributed by atoms with E-state index in [1.54, 1.807) is 30.3 Å². The van der Waals surface area contributed by atoms with Crippen molar-refractivity contribution >= 4 is 11.4 Å². The number of rotatable bonds is 2. The Kier molecular flexibility index (Phi) is 3.50. The first-order valence-electron chi connectivity index (χ1n) is 5.34. The molecule has 0 spiro atoms. The van der Waals surface area contributed by atoms with Crippen LogP contribution in [-0.4, -0.2) is 5.11 Å². The van der Waals surface area contributed by atoms with Gasteiger partial charge in [0.1, 0.15) is 11.4 Å². The predicted octanol–water partition coefficient (Wildman–Crippen LogP) is 4.83. The topological polar surface area (TPSA) is 45.0 Å². The molecule has 0 aromatic heterocycles. The van der Waals surface area contributed by atoms with Gasteiger partial charge >= 0.3 is 6.18 Å². The van der Waals surface area contributed by atoms with Gasteiger partial charge in [0.05, 0.1) is 11.3 Å². The van der Waals surface area contributed by atoms with Crippen LogP contribution < -0.4 is 0 Å². The monoisotopic (exact) mass is 266 g/mol. The maximum absolute atomic E-state index is 12.4. The van der Waals surface area contributed by atoms with Crippen LogP contribution in [0.2, 0.25) is 0 Å². The van der Waals surface area contributed by atoms with E-state index < -0.39 is 17.5 Å². The van der Waals surface area contributed by atoms with E-state index >= 15 is 0 Å². The highest BCUT2D eigenvalue weighted by Gasteiger charge is 2.31. The molecule has 0 unspecified atom stereocenters. The molecule has 19 heavy (non-hydrogen) atoms. The molecular weight excluding hydrogens is 257 g/mol. The van der Waals surface area contributed by atoms with Gasteiger partial charge in [0, 0.05) is 0 Å². The molecule has 1 N–H and O–H groups in total. The van der Waals surface area contributed by atoms with E-state index in [1.165, 1.54) is 0 Å². The maximum Gasteiger partial charge on any atom is 0.416 e. The van der Waals surface area contributed by atoms with Crippen LogP contribution in [0.1, 0.15) is 5.56 Å². The zero-order chi connectivity index (χ0) is 13.9. The summed E-state index contributed by atoms with van der Waals surface area (Å²) in [6, 6.07) is 11.2. The van der Waals surface area contributed by atoms with Crippen molar-refractivity contribution < 1.29 is 18.3 Å². The van der Waals surface area contributed by atoms with Gasteiger partial charge in [-0.3, -0.25) is 0 Å². The Labute approximate surface area is 107 Å². The number of azo groups is 1. The fourth-order valence-corrected chi connectivity index (χ4v) is 1.39. The Morgan fingerprint density at radius 1 is 0.895 bits per heavy atom. The molecule has 6 heteroatoms. The second-order valence-electron chi connectivity index (χ2n) is 3.74. The average Bonchev–Trinajstić information content (AvgIpc) is 2.37. The van der Waals surface area contributed by atoms with Crippen molar-refractivity contribution in [1.29, 1.82) is 0 Å². The van der Waals surface area contributed by atoms with E-state index in [2.05, 4.69) is 10.2 Å². The number of nitrogens with zero attached hydrogens (tertiary/aromatic N) is 2. The van der Waals surface area contributed by atoms with Crippen LogP contribution in [0, 0.1) is 0 Å². The number of halogens is 3. The molecule has 2 aromatic carbocycles. The first-order chi connectivity index (χ1) is 8.97. The van der Waals surface area contributed by atoms with Crippen LogP contribution in [0.15, 0.2) is 58.8 Å². The number of aromatic hydroxyl groups is 1. The summed E-state index contributed by atoms with van der Waals surface area (Å²) in [6.07, 6.45) is -4.49. The van der Waals surface area contributed by atoms with Crippen LogP contribution in [0.5, 0.6) is 5.75 Å². The molecule has 0 saturated heterocycles. The van der Waals surface area contributed by atoms with Crippen molar-refractivity contribution in [1.82, 2.24) is 0 Å². The van der Waals surface area contributed by atoms with E-state index in [0.29, 0.717) is 11.8 Å². The van der Waals surface area contributed by atoms with E-state index in [4.69, 9.17) is 0 Å². The first kappa shape index (κ1) is 13.1. The van der Waals surface area contributed by atoms with Crippen molar-refractivity contribution in [3.63, 3.8) is 0 Å². The lowest BCUT2D eigenvalue weighted by Gasteiger charge is -2.07. The lowest BCUT2D eigenvalue weighted by atomic mass is 10.2. The lowest BCUT2D eigenvalue weighted by Crippen LogP contribution is -2.03. The number of phenols is 1. The lowest BCUT2D eigenvalue weighted by molar-refractivity contribution is -0.137. The van der Waals surface area contributed by atoms with Gasteiger partial charge in [0.25, 0.3) is 0 Å². The third kappa shape index (κ3) is 3.31.